The van der Waals surface area contributed by atoms with Gasteiger partial charge in [-0.1, -0.05) is 61.7 Å². The molecule has 0 radical (unpaired) electrons. The van der Waals surface area contributed by atoms with Gasteiger partial charge in [-0.25, -0.2) is 0 Å². The maximum Gasteiger partial charge on any atom is 0.323 e. The van der Waals surface area contributed by atoms with E-state index >= 15 is 0 Å². The molecular formula is C44H51N3O6. The SMILES string of the molecule is C=C1C2=C(C)[C@]3(O)C(=C)C(C(N)=O)=C(O)[C@@H](N(C)C)[C@@H]3C[C@@H]2Cc2c(-c3cc(CNC(Cc4ccccc4)C(=O)OCC)ccc3OC)ccc(C)c21. The molecule has 0 fully saturated rings. The molecule has 278 valence electrons. The number of aryl methyl sites for hydroxylation is 1. The molecule has 6 rings (SSSR count). The van der Waals surface area contributed by atoms with Crippen LogP contribution >= 0.6 is 0 Å². The van der Waals surface area contributed by atoms with Crippen LogP contribution < -0.4 is 15.8 Å². The summed E-state index contributed by atoms with van der Waals surface area (Å²) in [7, 11) is 5.31. The maximum atomic E-state index is 13.0. The van der Waals surface area contributed by atoms with Crippen LogP contribution in [0.15, 0.2) is 102 Å². The third kappa shape index (κ3) is 6.51. The lowest BCUT2D eigenvalue weighted by atomic mass is 9.55. The Morgan fingerprint density at radius 2 is 1.77 bits per heavy atom. The molecule has 3 aliphatic carbocycles. The van der Waals surface area contributed by atoms with Gasteiger partial charge in [-0.2, -0.15) is 0 Å². The normalized spacial score (nSPS) is 23.0. The fourth-order valence-corrected chi connectivity index (χ4v) is 9.09. The zero-order valence-electron chi connectivity index (χ0n) is 31.6. The molecule has 3 aliphatic rings. The summed E-state index contributed by atoms with van der Waals surface area (Å²) in [4.78, 5) is 27.4. The monoisotopic (exact) mass is 717 g/mol. The van der Waals surface area contributed by atoms with Gasteiger partial charge in [-0.3, -0.25) is 14.5 Å². The number of esters is 1. The van der Waals surface area contributed by atoms with Crippen molar-refractivity contribution in [1.29, 1.82) is 0 Å². The van der Waals surface area contributed by atoms with E-state index in [1.54, 1.807) is 7.11 Å². The predicted octanol–water partition coefficient (Wildman–Crippen LogP) is 5.99. The second-order valence-electron chi connectivity index (χ2n) is 14.7. The fourth-order valence-electron chi connectivity index (χ4n) is 9.09. The van der Waals surface area contributed by atoms with Crippen molar-refractivity contribution in [1.82, 2.24) is 10.2 Å². The fraction of sp³-hybridized carbons (Fsp3) is 0.364. The van der Waals surface area contributed by atoms with E-state index in [2.05, 4.69) is 43.6 Å². The van der Waals surface area contributed by atoms with Gasteiger partial charge in [-0.05, 0) is 128 Å². The number of carbonyl (C=O) groups excluding carboxylic acids is 2. The molecule has 0 aliphatic heterocycles. The van der Waals surface area contributed by atoms with E-state index in [-0.39, 0.29) is 28.8 Å². The van der Waals surface area contributed by atoms with Crippen LogP contribution in [0.4, 0.5) is 0 Å². The van der Waals surface area contributed by atoms with Crippen molar-refractivity contribution >= 4 is 17.4 Å². The second-order valence-corrected chi connectivity index (χ2v) is 14.7. The molecule has 9 nitrogen and oxygen atoms in total. The van der Waals surface area contributed by atoms with Gasteiger partial charge in [0.05, 0.1) is 25.3 Å². The standard InChI is InChI=1S/C44H51N3O6/c1-9-53-43(50)35(20-28-13-11-10-12-14-28)46-23-29-16-18-36(52-8)32(19-29)31-17-15-24(2)37-25(3)38-26(4)44(51)27(5)39(42(45)49)41(48)40(47(6)7)34(44)22-30(38)21-33(31)37/h10-19,30,34-35,40,46,48,51H,3,5,9,20-23H2,1-2,4,6-8H3,(H2,45,49)/t30-,34-,35?,40-,44-/m0/s1. The van der Waals surface area contributed by atoms with Gasteiger partial charge in [0.2, 0.25) is 0 Å². The smallest absolute Gasteiger partial charge is 0.323 e. The largest absolute Gasteiger partial charge is 0.510 e. The van der Waals surface area contributed by atoms with E-state index in [9.17, 15) is 19.8 Å². The van der Waals surface area contributed by atoms with Gasteiger partial charge in [0, 0.05) is 18.0 Å². The van der Waals surface area contributed by atoms with E-state index < -0.39 is 29.5 Å². The molecule has 1 amide bonds. The second kappa shape index (κ2) is 14.8. The number of nitrogens with zero attached hydrogens (tertiary/aromatic N) is 1. The number of primary amides is 1. The number of likely N-dealkylation sites (N-methyl/N-ethyl adjacent to an activating group) is 1. The van der Waals surface area contributed by atoms with Crippen LogP contribution in [0.2, 0.25) is 0 Å². The first-order valence-corrected chi connectivity index (χ1v) is 18.2. The Balaban J connectivity index is 1.40. The molecule has 5 N–H and O–H groups in total. The molecule has 0 heterocycles. The summed E-state index contributed by atoms with van der Waals surface area (Å²) in [5.74, 6) is -1.07. The maximum absolute atomic E-state index is 13.0. The zero-order chi connectivity index (χ0) is 38.4. The summed E-state index contributed by atoms with van der Waals surface area (Å²) in [6.45, 7) is 15.3. The molecule has 3 aromatic rings. The number of nitrogens with two attached hydrogens (primary N) is 1. The first-order chi connectivity index (χ1) is 25.2. The number of aliphatic hydroxyl groups excluding tert-OH is 1. The van der Waals surface area contributed by atoms with Gasteiger partial charge in [0.1, 0.15) is 23.2 Å². The first kappa shape index (κ1) is 37.8. The minimum Gasteiger partial charge on any atom is -0.510 e. The van der Waals surface area contributed by atoms with Crippen molar-refractivity contribution in [2.45, 2.75) is 64.3 Å². The van der Waals surface area contributed by atoms with E-state index in [1.807, 2.05) is 75.3 Å². The van der Waals surface area contributed by atoms with Crippen LogP contribution in [0, 0.1) is 18.8 Å². The van der Waals surface area contributed by atoms with Crippen LogP contribution in [0.25, 0.3) is 16.7 Å². The lowest BCUT2D eigenvalue weighted by molar-refractivity contribution is -0.145. The number of fused-ring (bicyclic) bond motifs is 3. The van der Waals surface area contributed by atoms with Gasteiger partial charge in [0.25, 0.3) is 5.91 Å². The number of allylic oxidation sites excluding steroid dienone is 2. The minimum absolute atomic E-state index is 0.0295. The quantitative estimate of drug-likeness (QED) is 0.178. The Kier molecular flexibility index (Phi) is 10.6. The number of hydrogen-bond donors (Lipinski definition) is 4. The van der Waals surface area contributed by atoms with Crippen molar-refractivity contribution in [3.05, 3.63) is 130 Å². The highest BCUT2D eigenvalue weighted by Crippen LogP contribution is 2.58. The number of benzene rings is 3. The summed E-state index contributed by atoms with van der Waals surface area (Å²) >= 11 is 0. The predicted molar refractivity (Wildman–Crippen MR) is 208 cm³/mol. The van der Waals surface area contributed by atoms with Crippen LogP contribution in [-0.2, 0) is 33.7 Å². The van der Waals surface area contributed by atoms with Crippen LogP contribution in [0.5, 0.6) is 5.75 Å². The molecule has 0 saturated heterocycles. The summed E-state index contributed by atoms with van der Waals surface area (Å²) in [5, 5.41) is 27.4. The highest BCUT2D eigenvalue weighted by atomic mass is 16.5. The van der Waals surface area contributed by atoms with E-state index in [0.717, 1.165) is 55.8 Å². The highest BCUT2D eigenvalue weighted by molar-refractivity contribution is 5.99. The van der Waals surface area contributed by atoms with E-state index in [4.69, 9.17) is 15.2 Å². The Morgan fingerprint density at radius 3 is 2.42 bits per heavy atom. The lowest BCUT2D eigenvalue weighted by Crippen LogP contribution is -2.59. The van der Waals surface area contributed by atoms with Crippen LogP contribution in [0.3, 0.4) is 0 Å². The minimum atomic E-state index is -1.60. The molecule has 0 aromatic heterocycles. The van der Waals surface area contributed by atoms with Crippen molar-refractivity contribution in [2.75, 3.05) is 27.8 Å². The molecule has 1 unspecified atom stereocenters. The van der Waals surface area contributed by atoms with Crippen molar-refractivity contribution < 1.29 is 29.3 Å². The van der Waals surface area contributed by atoms with Gasteiger partial charge < -0.3 is 30.7 Å². The van der Waals surface area contributed by atoms with E-state index in [0.29, 0.717) is 38.0 Å². The number of amides is 1. The third-order valence-electron chi connectivity index (χ3n) is 11.5. The number of ether oxygens (including phenoxy) is 2. The van der Waals surface area contributed by atoms with Crippen molar-refractivity contribution in [3.8, 4) is 16.9 Å². The Morgan fingerprint density at radius 1 is 1.06 bits per heavy atom. The molecular weight excluding hydrogens is 666 g/mol. The molecule has 9 heteroatoms. The topological polar surface area (TPSA) is 134 Å². The summed E-state index contributed by atoms with van der Waals surface area (Å²) in [6.07, 6.45) is 1.69. The average Bonchev–Trinajstić information content (AvgIpc) is 3.12. The molecule has 5 atom stereocenters. The summed E-state index contributed by atoms with van der Waals surface area (Å²) in [5.41, 5.74) is 13.8. The number of methoxy groups -OCH3 is 1. The number of hydrogen-bond acceptors (Lipinski definition) is 8. The third-order valence-corrected chi connectivity index (χ3v) is 11.5. The number of aliphatic hydroxyl groups is 2. The van der Waals surface area contributed by atoms with Crippen molar-refractivity contribution in [3.63, 3.8) is 0 Å². The molecule has 3 aromatic carbocycles. The molecule has 0 spiro atoms. The summed E-state index contributed by atoms with van der Waals surface area (Å²) in [6, 6.07) is 19.0. The van der Waals surface area contributed by atoms with Gasteiger partial charge in [0.15, 0.2) is 0 Å². The van der Waals surface area contributed by atoms with Crippen molar-refractivity contribution in [2.24, 2.45) is 17.6 Å². The highest BCUT2D eigenvalue weighted by Gasteiger charge is 2.57. The van der Waals surface area contributed by atoms with Crippen LogP contribution in [0.1, 0.15) is 48.1 Å². The zero-order valence-corrected chi connectivity index (χ0v) is 31.6. The Bertz CT molecular complexity index is 2050. The number of rotatable bonds is 11. The number of carbonyl (C=O) groups is 2. The average molecular weight is 718 g/mol. The molecule has 0 bridgehead atoms. The molecule has 53 heavy (non-hydrogen) atoms. The lowest BCUT2D eigenvalue weighted by Gasteiger charge is -2.54. The van der Waals surface area contributed by atoms with Crippen LogP contribution in [-0.4, -0.2) is 72.5 Å². The number of nitrogens with one attached hydrogen (secondary N) is 1. The first-order valence-electron chi connectivity index (χ1n) is 18.2. The molecule has 0 saturated carbocycles. The van der Waals surface area contributed by atoms with Gasteiger partial charge >= 0.3 is 5.97 Å². The van der Waals surface area contributed by atoms with E-state index in [1.165, 1.54) is 0 Å². The summed E-state index contributed by atoms with van der Waals surface area (Å²) < 4.78 is 11.4. The Labute approximate surface area is 312 Å². The Hall–Kier alpha value is -4.96. The van der Waals surface area contributed by atoms with Gasteiger partial charge in [-0.15, -0.1) is 0 Å².